The van der Waals surface area contributed by atoms with Crippen LogP contribution in [0.15, 0.2) is 0 Å². The van der Waals surface area contributed by atoms with Gasteiger partial charge >= 0.3 is 6.09 Å². The van der Waals surface area contributed by atoms with E-state index in [0.29, 0.717) is 6.54 Å². The second kappa shape index (κ2) is 6.14. The molecule has 1 fully saturated rings. The van der Waals surface area contributed by atoms with Gasteiger partial charge in [0.2, 0.25) is 0 Å². The van der Waals surface area contributed by atoms with E-state index in [2.05, 4.69) is 10.6 Å². The first-order chi connectivity index (χ1) is 7.49. The maximum atomic E-state index is 10.8. The van der Waals surface area contributed by atoms with Gasteiger partial charge in [-0.3, -0.25) is 9.11 Å². The first-order valence-corrected chi connectivity index (χ1v) is 6.24. The number of rotatable bonds is 4. The fourth-order valence-corrected chi connectivity index (χ4v) is 2.16. The molecule has 0 aliphatic carbocycles. The lowest BCUT2D eigenvalue weighted by molar-refractivity contribution is 0.144. The third-order valence-corrected chi connectivity index (χ3v) is 2.86. The SMILES string of the molecule is CC1CNCC(CN(CS(=O)[O-])C(=O)O)N1. The van der Waals surface area contributed by atoms with Crippen molar-refractivity contribution in [2.75, 3.05) is 25.5 Å². The fourth-order valence-electron chi connectivity index (χ4n) is 1.69. The molecule has 1 amide bonds. The Labute approximate surface area is 96.5 Å². The topological polar surface area (TPSA) is 105 Å². The summed E-state index contributed by atoms with van der Waals surface area (Å²) in [6.45, 7) is 3.62. The largest absolute Gasteiger partial charge is 0.771 e. The summed E-state index contributed by atoms with van der Waals surface area (Å²) in [5, 5.41) is 15.2. The van der Waals surface area contributed by atoms with E-state index in [1.165, 1.54) is 0 Å². The van der Waals surface area contributed by atoms with Crippen molar-refractivity contribution in [3.8, 4) is 0 Å². The van der Waals surface area contributed by atoms with Gasteiger partial charge in [-0.05, 0) is 18.0 Å². The predicted octanol–water partition coefficient (Wildman–Crippen LogP) is -1.25. The van der Waals surface area contributed by atoms with Crippen LogP contribution in [0, 0.1) is 0 Å². The van der Waals surface area contributed by atoms with Crippen LogP contribution in [0.4, 0.5) is 4.79 Å². The summed E-state index contributed by atoms with van der Waals surface area (Å²) in [7, 11) is 0. The Morgan fingerprint density at radius 1 is 1.62 bits per heavy atom. The van der Waals surface area contributed by atoms with E-state index in [1.807, 2.05) is 6.92 Å². The smallest absolute Gasteiger partial charge is 0.408 e. The zero-order chi connectivity index (χ0) is 12.1. The molecule has 8 heteroatoms. The summed E-state index contributed by atoms with van der Waals surface area (Å²) in [6.07, 6.45) is -1.22. The van der Waals surface area contributed by atoms with Gasteiger partial charge in [0.1, 0.15) is 0 Å². The van der Waals surface area contributed by atoms with E-state index >= 15 is 0 Å². The Balaban J connectivity index is 2.47. The van der Waals surface area contributed by atoms with Gasteiger partial charge in [0.15, 0.2) is 0 Å². The average Bonchev–Trinajstić information content (AvgIpc) is 2.15. The molecule has 1 aliphatic rings. The summed E-state index contributed by atoms with van der Waals surface area (Å²) in [6, 6.07) is 0.204. The van der Waals surface area contributed by atoms with Crippen LogP contribution in [0.25, 0.3) is 0 Å². The molecular formula is C8H16N3O4S-. The normalized spacial score (nSPS) is 27.4. The third-order valence-electron chi connectivity index (χ3n) is 2.33. The molecule has 0 spiro atoms. The quantitative estimate of drug-likeness (QED) is 0.539. The fraction of sp³-hybridized carbons (Fsp3) is 0.875. The summed E-state index contributed by atoms with van der Waals surface area (Å²) >= 11 is -2.38. The van der Waals surface area contributed by atoms with Crippen LogP contribution in [0.2, 0.25) is 0 Å². The first-order valence-electron chi connectivity index (χ1n) is 4.99. The molecule has 16 heavy (non-hydrogen) atoms. The molecular weight excluding hydrogens is 234 g/mol. The van der Waals surface area contributed by atoms with Crippen LogP contribution >= 0.6 is 0 Å². The number of amides is 1. The molecule has 1 saturated heterocycles. The summed E-state index contributed by atoms with van der Waals surface area (Å²) in [5.74, 6) is -0.484. The van der Waals surface area contributed by atoms with Gasteiger partial charge < -0.3 is 20.3 Å². The van der Waals surface area contributed by atoms with Gasteiger partial charge in [-0.1, -0.05) is 0 Å². The Morgan fingerprint density at radius 3 is 2.81 bits per heavy atom. The minimum Gasteiger partial charge on any atom is -0.771 e. The highest BCUT2D eigenvalue weighted by Gasteiger charge is 2.22. The number of nitrogens with one attached hydrogen (secondary N) is 2. The summed E-state index contributed by atoms with van der Waals surface area (Å²) in [4.78, 5) is 11.7. The Hall–Kier alpha value is -0.700. The van der Waals surface area contributed by atoms with Gasteiger partial charge in [-0.15, -0.1) is 0 Å². The van der Waals surface area contributed by atoms with Crippen LogP contribution in [0.5, 0.6) is 0 Å². The van der Waals surface area contributed by atoms with Crippen molar-refractivity contribution >= 4 is 17.2 Å². The van der Waals surface area contributed by atoms with E-state index in [0.717, 1.165) is 11.4 Å². The van der Waals surface area contributed by atoms with Gasteiger partial charge in [-0.2, -0.15) is 0 Å². The Morgan fingerprint density at radius 2 is 2.31 bits per heavy atom. The van der Waals surface area contributed by atoms with Crippen molar-refractivity contribution < 1.29 is 18.7 Å². The second-order valence-corrected chi connectivity index (χ2v) is 4.73. The van der Waals surface area contributed by atoms with E-state index < -0.39 is 23.1 Å². The van der Waals surface area contributed by atoms with E-state index in [4.69, 9.17) is 5.11 Å². The summed E-state index contributed by atoms with van der Waals surface area (Å²) in [5.41, 5.74) is 0. The second-order valence-electron chi connectivity index (χ2n) is 3.86. The van der Waals surface area contributed by atoms with Gasteiger partial charge in [0, 0.05) is 31.7 Å². The zero-order valence-corrected chi connectivity index (χ0v) is 9.83. The Bertz CT molecular complexity index is 276. The first kappa shape index (κ1) is 13.4. The standard InChI is InChI=1S/C8H17N3O4S/c1-6-2-9-3-7(10-6)4-11(8(12)13)5-16(14)15/h6-7,9-10H,2-5H2,1H3,(H,12,13)(H,14,15)/p-1. The van der Waals surface area contributed by atoms with Gasteiger partial charge in [0.25, 0.3) is 0 Å². The maximum Gasteiger partial charge on any atom is 0.408 e. The van der Waals surface area contributed by atoms with Crippen molar-refractivity contribution in [1.82, 2.24) is 15.5 Å². The molecule has 0 aromatic heterocycles. The molecule has 1 heterocycles. The number of nitrogens with zero attached hydrogens (tertiary/aromatic N) is 1. The van der Waals surface area contributed by atoms with E-state index in [9.17, 15) is 13.6 Å². The number of carbonyl (C=O) groups is 1. The summed E-state index contributed by atoms with van der Waals surface area (Å²) < 4.78 is 21.0. The van der Waals surface area contributed by atoms with Crippen LogP contribution in [0.1, 0.15) is 6.92 Å². The number of piperazine rings is 1. The minimum atomic E-state index is -2.38. The lowest BCUT2D eigenvalue weighted by Crippen LogP contribution is -2.58. The molecule has 3 atom stereocenters. The molecule has 0 radical (unpaired) electrons. The monoisotopic (exact) mass is 250 g/mol. The van der Waals surface area contributed by atoms with E-state index in [1.54, 1.807) is 0 Å². The van der Waals surface area contributed by atoms with Crippen LogP contribution < -0.4 is 10.6 Å². The van der Waals surface area contributed by atoms with Crippen LogP contribution in [-0.4, -0.2) is 62.5 Å². The highest BCUT2D eigenvalue weighted by molar-refractivity contribution is 7.79. The molecule has 0 aromatic carbocycles. The lowest BCUT2D eigenvalue weighted by atomic mass is 10.1. The highest BCUT2D eigenvalue weighted by Crippen LogP contribution is 1.99. The zero-order valence-electron chi connectivity index (χ0n) is 9.01. The molecule has 0 saturated carbocycles. The van der Waals surface area contributed by atoms with Crippen LogP contribution in [0.3, 0.4) is 0 Å². The molecule has 94 valence electrons. The molecule has 0 bridgehead atoms. The number of hydrogen-bond acceptors (Lipinski definition) is 5. The van der Waals surface area contributed by atoms with Crippen molar-refractivity contribution in [3.05, 3.63) is 0 Å². The van der Waals surface area contributed by atoms with Gasteiger partial charge in [0.05, 0.1) is 5.88 Å². The third kappa shape index (κ3) is 4.44. The molecule has 3 unspecified atom stereocenters. The number of carboxylic acid groups (broad SMARTS) is 1. The molecule has 1 rings (SSSR count). The van der Waals surface area contributed by atoms with Crippen molar-refractivity contribution in [1.29, 1.82) is 0 Å². The predicted molar refractivity (Wildman–Crippen MR) is 57.8 cm³/mol. The van der Waals surface area contributed by atoms with Gasteiger partial charge in [-0.25, -0.2) is 4.79 Å². The van der Waals surface area contributed by atoms with Crippen molar-refractivity contribution in [2.45, 2.75) is 19.0 Å². The van der Waals surface area contributed by atoms with E-state index in [-0.39, 0.29) is 18.6 Å². The highest BCUT2D eigenvalue weighted by atomic mass is 32.2. The molecule has 3 N–H and O–H groups in total. The van der Waals surface area contributed by atoms with Crippen molar-refractivity contribution in [3.63, 3.8) is 0 Å². The number of hydrogen-bond donors (Lipinski definition) is 3. The molecule has 1 aliphatic heterocycles. The molecule has 0 aromatic rings. The lowest BCUT2D eigenvalue weighted by Gasteiger charge is -2.33. The average molecular weight is 250 g/mol. The Kier molecular flexibility index (Phi) is 5.13. The van der Waals surface area contributed by atoms with Crippen molar-refractivity contribution in [2.24, 2.45) is 0 Å². The minimum absolute atomic E-state index is 0.0524. The maximum absolute atomic E-state index is 10.8. The molecule has 7 nitrogen and oxygen atoms in total. The van der Waals surface area contributed by atoms with Crippen LogP contribution in [-0.2, 0) is 11.1 Å².